The maximum absolute atomic E-state index is 6.68. The largest absolute Gasteiger partial charge is 0.484 e. The van der Waals surface area contributed by atoms with E-state index in [1.807, 2.05) is 0 Å². The molecule has 0 saturated heterocycles. The number of hydrogen-bond acceptors (Lipinski definition) is 1. The van der Waals surface area contributed by atoms with Crippen LogP contribution in [0.3, 0.4) is 0 Å². The fourth-order valence-corrected chi connectivity index (χ4v) is 4.64. The Morgan fingerprint density at radius 1 is 0.621 bits per heavy atom. The van der Waals surface area contributed by atoms with E-state index in [0.29, 0.717) is 0 Å². The first-order valence-corrected chi connectivity index (χ1v) is 10.1. The molecule has 29 heavy (non-hydrogen) atoms. The van der Waals surface area contributed by atoms with Gasteiger partial charge in [0.05, 0.1) is 0 Å². The number of hydrogen-bond donors (Lipinski definition) is 0. The lowest BCUT2D eigenvalue weighted by molar-refractivity contribution is 0.243. The van der Waals surface area contributed by atoms with Crippen molar-refractivity contribution in [3.8, 4) is 16.9 Å². The summed E-state index contributed by atoms with van der Waals surface area (Å²) in [5.41, 5.74) is 5.11. The van der Waals surface area contributed by atoms with Gasteiger partial charge in [0.2, 0.25) is 0 Å². The molecule has 0 fully saturated rings. The fourth-order valence-electron chi connectivity index (χ4n) is 4.64. The first-order valence-electron chi connectivity index (χ1n) is 10.1. The monoisotopic (exact) mass is 372 g/mol. The standard InChI is InChI=1S/C28H20O/c1-2-9-20(10-3-1)25-17-21-12-5-7-15-23(21)28-26(25)18-27(29-28)24-16-8-13-19-11-4-6-14-22(19)24/h1-17,27H,18H2. The van der Waals surface area contributed by atoms with Crippen LogP contribution in [0.4, 0.5) is 0 Å². The van der Waals surface area contributed by atoms with Crippen LogP contribution in [0, 0.1) is 0 Å². The molecule has 6 rings (SSSR count). The molecular weight excluding hydrogens is 352 g/mol. The van der Waals surface area contributed by atoms with Gasteiger partial charge >= 0.3 is 0 Å². The molecule has 0 radical (unpaired) electrons. The molecular formula is C28H20O. The van der Waals surface area contributed by atoms with Gasteiger partial charge < -0.3 is 4.74 Å². The number of rotatable bonds is 2. The predicted octanol–water partition coefficient (Wildman–Crippen LogP) is 7.34. The highest BCUT2D eigenvalue weighted by Gasteiger charge is 2.30. The molecule has 1 aliphatic rings. The molecule has 1 nitrogen and oxygen atoms in total. The minimum atomic E-state index is 0.0318. The quantitative estimate of drug-likeness (QED) is 0.315. The van der Waals surface area contributed by atoms with E-state index in [1.165, 1.54) is 43.8 Å². The van der Waals surface area contributed by atoms with Crippen LogP contribution in [0.2, 0.25) is 0 Å². The van der Waals surface area contributed by atoms with Gasteiger partial charge in [-0.25, -0.2) is 0 Å². The van der Waals surface area contributed by atoms with Crippen LogP contribution in [-0.4, -0.2) is 0 Å². The van der Waals surface area contributed by atoms with E-state index in [2.05, 4.69) is 103 Å². The van der Waals surface area contributed by atoms with Crippen molar-refractivity contribution in [2.45, 2.75) is 12.5 Å². The van der Waals surface area contributed by atoms with Crippen LogP contribution in [0.15, 0.2) is 103 Å². The van der Waals surface area contributed by atoms with Crippen molar-refractivity contribution in [2.24, 2.45) is 0 Å². The molecule has 0 spiro atoms. The smallest absolute Gasteiger partial charge is 0.132 e. The Bertz CT molecular complexity index is 1350. The molecule has 138 valence electrons. The SMILES string of the molecule is c1ccc(-c2cc3ccccc3c3c2CC(c2cccc4ccccc24)O3)cc1. The summed E-state index contributed by atoms with van der Waals surface area (Å²) in [5.74, 6) is 1.04. The van der Waals surface area contributed by atoms with Crippen LogP contribution in [0.1, 0.15) is 17.2 Å². The van der Waals surface area contributed by atoms with Crippen molar-refractivity contribution in [1.29, 1.82) is 0 Å². The van der Waals surface area contributed by atoms with Crippen molar-refractivity contribution in [3.63, 3.8) is 0 Å². The molecule has 0 aliphatic carbocycles. The molecule has 0 aromatic heterocycles. The molecule has 1 unspecified atom stereocenters. The predicted molar refractivity (Wildman–Crippen MR) is 120 cm³/mol. The number of ether oxygens (including phenoxy) is 1. The molecule has 5 aromatic rings. The summed E-state index contributed by atoms with van der Waals surface area (Å²) in [6.45, 7) is 0. The van der Waals surface area contributed by atoms with Crippen LogP contribution < -0.4 is 4.74 Å². The van der Waals surface area contributed by atoms with Gasteiger partial charge in [0.1, 0.15) is 11.9 Å². The van der Waals surface area contributed by atoms with Gasteiger partial charge in [-0.1, -0.05) is 97.1 Å². The van der Waals surface area contributed by atoms with E-state index in [4.69, 9.17) is 4.74 Å². The Labute approximate surface area is 170 Å². The van der Waals surface area contributed by atoms with Crippen LogP contribution >= 0.6 is 0 Å². The molecule has 1 aliphatic heterocycles. The van der Waals surface area contributed by atoms with Crippen LogP contribution in [0.25, 0.3) is 32.7 Å². The first kappa shape index (κ1) is 16.4. The van der Waals surface area contributed by atoms with Gasteiger partial charge in [-0.05, 0) is 33.4 Å². The summed E-state index contributed by atoms with van der Waals surface area (Å²) in [4.78, 5) is 0. The van der Waals surface area contributed by atoms with Gasteiger partial charge in [-0.2, -0.15) is 0 Å². The van der Waals surface area contributed by atoms with Crippen molar-refractivity contribution in [3.05, 3.63) is 114 Å². The third kappa shape index (κ3) is 2.62. The highest BCUT2D eigenvalue weighted by Crippen LogP contribution is 2.47. The molecule has 1 heterocycles. The Morgan fingerprint density at radius 3 is 2.17 bits per heavy atom. The third-order valence-electron chi connectivity index (χ3n) is 6.01. The fraction of sp³-hybridized carbons (Fsp3) is 0.0714. The average Bonchev–Trinajstić information content (AvgIpc) is 3.24. The van der Waals surface area contributed by atoms with Gasteiger partial charge in [-0.3, -0.25) is 0 Å². The molecule has 0 bridgehead atoms. The lowest BCUT2D eigenvalue weighted by Gasteiger charge is -2.14. The lowest BCUT2D eigenvalue weighted by atomic mass is 9.91. The summed E-state index contributed by atoms with van der Waals surface area (Å²) in [7, 11) is 0. The van der Waals surface area contributed by atoms with E-state index >= 15 is 0 Å². The summed E-state index contributed by atoms with van der Waals surface area (Å²) < 4.78 is 6.68. The van der Waals surface area contributed by atoms with Crippen LogP contribution in [0.5, 0.6) is 5.75 Å². The second kappa shape index (κ2) is 6.49. The summed E-state index contributed by atoms with van der Waals surface area (Å²) in [6.07, 6.45) is 0.919. The van der Waals surface area contributed by atoms with Gasteiger partial charge in [-0.15, -0.1) is 0 Å². The van der Waals surface area contributed by atoms with Gasteiger partial charge in [0.25, 0.3) is 0 Å². The highest BCUT2D eigenvalue weighted by molar-refractivity contribution is 5.96. The van der Waals surface area contributed by atoms with E-state index in [-0.39, 0.29) is 6.10 Å². The normalized spacial score (nSPS) is 15.4. The van der Waals surface area contributed by atoms with E-state index in [0.717, 1.165) is 12.2 Å². The lowest BCUT2D eigenvalue weighted by Crippen LogP contribution is -2.04. The van der Waals surface area contributed by atoms with E-state index < -0.39 is 0 Å². The maximum Gasteiger partial charge on any atom is 0.132 e. The number of benzene rings is 5. The molecule has 0 N–H and O–H groups in total. The zero-order chi connectivity index (χ0) is 19.2. The molecule has 0 saturated carbocycles. The third-order valence-corrected chi connectivity index (χ3v) is 6.01. The maximum atomic E-state index is 6.68. The molecule has 0 amide bonds. The van der Waals surface area contributed by atoms with Gasteiger partial charge in [0.15, 0.2) is 0 Å². The Kier molecular flexibility index (Phi) is 3.67. The van der Waals surface area contributed by atoms with Crippen LogP contribution in [-0.2, 0) is 6.42 Å². The Balaban J connectivity index is 1.56. The highest BCUT2D eigenvalue weighted by atomic mass is 16.5. The van der Waals surface area contributed by atoms with Crippen molar-refractivity contribution < 1.29 is 4.74 Å². The van der Waals surface area contributed by atoms with Crippen molar-refractivity contribution in [2.75, 3.05) is 0 Å². The zero-order valence-electron chi connectivity index (χ0n) is 16.0. The second-order valence-electron chi connectivity index (χ2n) is 7.70. The minimum absolute atomic E-state index is 0.0318. The summed E-state index contributed by atoms with van der Waals surface area (Å²) >= 11 is 0. The Morgan fingerprint density at radius 2 is 1.31 bits per heavy atom. The second-order valence-corrected chi connectivity index (χ2v) is 7.70. The zero-order valence-corrected chi connectivity index (χ0v) is 16.0. The molecule has 1 heteroatoms. The van der Waals surface area contributed by atoms with Crippen molar-refractivity contribution in [1.82, 2.24) is 0 Å². The minimum Gasteiger partial charge on any atom is -0.484 e. The van der Waals surface area contributed by atoms with Crippen molar-refractivity contribution >= 4 is 21.5 Å². The Hall–Kier alpha value is -3.58. The average molecular weight is 372 g/mol. The molecule has 1 atom stereocenters. The first-order chi connectivity index (χ1) is 14.4. The van der Waals surface area contributed by atoms with Gasteiger partial charge in [0, 0.05) is 22.9 Å². The van der Waals surface area contributed by atoms with E-state index in [1.54, 1.807) is 0 Å². The topological polar surface area (TPSA) is 9.23 Å². The molecule has 5 aromatic carbocycles. The van der Waals surface area contributed by atoms with E-state index in [9.17, 15) is 0 Å². The summed E-state index contributed by atoms with van der Waals surface area (Å²) in [6, 6.07) is 36.6. The summed E-state index contributed by atoms with van der Waals surface area (Å²) in [5, 5.41) is 4.96. The number of fused-ring (bicyclic) bond motifs is 4.